The number of alkyl carbamates (subject to hydrolysis) is 1. The lowest BCUT2D eigenvalue weighted by molar-refractivity contribution is 0.0489. The van der Waals surface area contributed by atoms with E-state index in [-0.39, 0.29) is 18.1 Å². The van der Waals surface area contributed by atoms with E-state index in [1.54, 1.807) is 24.3 Å². The van der Waals surface area contributed by atoms with Gasteiger partial charge in [-0.1, -0.05) is 12.0 Å². The third-order valence-electron chi connectivity index (χ3n) is 4.14. The number of carbonyl (C=O) groups excluding carboxylic acids is 2. The summed E-state index contributed by atoms with van der Waals surface area (Å²) >= 11 is 0. The summed E-state index contributed by atoms with van der Waals surface area (Å²) in [6, 6.07) is 6.84. The molecule has 1 aliphatic rings. The van der Waals surface area contributed by atoms with Crippen molar-refractivity contribution in [1.82, 2.24) is 5.32 Å². The number of carbonyl (C=O) groups is 2. The first kappa shape index (κ1) is 20.6. The molecule has 0 aromatic heterocycles. The summed E-state index contributed by atoms with van der Waals surface area (Å²) in [5, 5.41) is 2.92. The lowest BCUT2D eigenvalue weighted by Gasteiger charge is -2.28. The molecule has 0 heterocycles. The van der Waals surface area contributed by atoms with E-state index in [1.165, 1.54) is 7.11 Å². The number of ether oxygens (including phenoxy) is 3. The van der Waals surface area contributed by atoms with Crippen molar-refractivity contribution in [2.24, 2.45) is 5.92 Å². The van der Waals surface area contributed by atoms with E-state index in [2.05, 4.69) is 22.1 Å². The molecule has 0 radical (unpaired) electrons. The van der Waals surface area contributed by atoms with Crippen LogP contribution in [0.2, 0.25) is 0 Å². The molecule has 0 unspecified atom stereocenters. The number of amides is 1. The highest BCUT2D eigenvalue weighted by atomic mass is 16.6. The Morgan fingerprint density at radius 1 is 1.15 bits per heavy atom. The molecule has 0 atom stereocenters. The second kappa shape index (κ2) is 9.31. The average molecular weight is 373 g/mol. The standard InChI is InChI=1S/C21H27NO5/c1-21(2,3)27-20(24)22-17-10-8-15(9-11-17)12-13-26-18-7-5-6-16(14-18)19(23)25-4/h5-7,14-15,17H,8-11H2,1-4H3,(H,22,24). The fourth-order valence-electron chi connectivity index (χ4n) is 2.83. The monoisotopic (exact) mass is 373 g/mol. The Balaban J connectivity index is 1.78. The summed E-state index contributed by atoms with van der Waals surface area (Å²) < 4.78 is 15.4. The van der Waals surface area contributed by atoms with Crippen LogP contribution in [-0.4, -0.2) is 30.8 Å². The molecule has 1 aliphatic carbocycles. The second-order valence-electron chi connectivity index (χ2n) is 7.56. The molecular formula is C21H27NO5. The van der Waals surface area contributed by atoms with Gasteiger partial charge >= 0.3 is 12.1 Å². The Kier molecular flexibility index (Phi) is 7.12. The molecule has 0 saturated heterocycles. The number of esters is 1. The topological polar surface area (TPSA) is 73.9 Å². The number of benzene rings is 1. The van der Waals surface area contributed by atoms with Gasteiger partial charge in [-0.15, -0.1) is 0 Å². The molecule has 1 fully saturated rings. The van der Waals surface area contributed by atoms with Crippen molar-refractivity contribution in [3.05, 3.63) is 29.8 Å². The van der Waals surface area contributed by atoms with E-state index in [0.717, 1.165) is 25.7 Å². The SMILES string of the molecule is COC(=O)c1cccc(OC#CC2CCC(NC(=O)OC(C)(C)C)CC2)c1. The van der Waals surface area contributed by atoms with Crippen LogP contribution in [0.15, 0.2) is 24.3 Å². The second-order valence-corrected chi connectivity index (χ2v) is 7.56. The minimum atomic E-state index is -0.491. The van der Waals surface area contributed by atoms with Gasteiger partial charge in [0.25, 0.3) is 0 Å². The molecular weight excluding hydrogens is 346 g/mol. The number of nitrogens with one attached hydrogen (secondary N) is 1. The molecule has 0 bridgehead atoms. The Morgan fingerprint density at radius 3 is 2.48 bits per heavy atom. The maximum absolute atomic E-state index is 11.8. The first-order valence-electron chi connectivity index (χ1n) is 9.12. The van der Waals surface area contributed by atoms with Gasteiger partial charge in [-0.25, -0.2) is 9.59 Å². The Bertz CT molecular complexity index is 718. The molecule has 1 aromatic rings. The van der Waals surface area contributed by atoms with Gasteiger partial charge in [-0.05, 0) is 64.7 Å². The van der Waals surface area contributed by atoms with Crippen LogP contribution in [0.5, 0.6) is 5.75 Å². The van der Waals surface area contributed by atoms with Crippen molar-refractivity contribution in [3.63, 3.8) is 0 Å². The van der Waals surface area contributed by atoms with Crippen LogP contribution in [-0.2, 0) is 9.47 Å². The smallest absolute Gasteiger partial charge is 0.407 e. The van der Waals surface area contributed by atoms with Gasteiger partial charge in [0.1, 0.15) is 17.5 Å². The van der Waals surface area contributed by atoms with E-state index in [4.69, 9.17) is 9.47 Å². The van der Waals surface area contributed by atoms with Gasteiger partial charge in [0.15, 0.2) is 0 Å². The van der Waals surface area contributed by atoms with E-state index in [9.17, 15) is 9.59 Å². The zero-order chi connectivity index (χ0) is 19.9. The van der Waals surface area contributed by atoms with Crippen LogP contribution in [0.3, 0.4) is 0 Å². The van der Waals surface area contributed by atoms with Gasteiger partial charge in [-0.3, -0.25) is 0 Å². The number of hydrogen-bond donors (Lipinski definition) is 1. The largest absolute Gasteiger partial charge is 0.465 e. The third-order valence-corrected chi connectivity index (χ3v) is 4.14. The van der Waals surface area contributed by atoms with Gasteiger partial charge in [0.2, 0.25) is 0 Å². The Hall–Kier alpha value is -2.68. The molecule has 1 amide bonds. The van der Waals surface area contributed by atoms with E-state index >= 15 is 0 Å². The minimum Gasteiger partial charge on any atom is -0.465 e. The fourth-order valence-corrected chi connectivity index (χ4v) is 2.83. The molecule has 1 saturated carbocycles. The lowest BCUT2D eigenvalue weighted by atomic mass is 9.87. The number of methoxy groups -OCH3 is 1. The molecule has 6 nitrogen and oxygen atoms in total. The fraction of sp³-hybridized carbons (Fsp3) is 0.524. The van der Waals surface area contributed by atoms with Gasteiger partial charge in [0, 0.05) is 12.0 Å². The first-order valence-corrected chi connectivity index (χ1v) is 9.12. The van der Waals surface area contributed by atoms with E-state index < -0.39 is 11.6 Å². The lowest BCUT2D eigenvalue weighted by Crippen LogP contribution is -2.40. The highest BCUT2D eigenvalue weighted by Gasteiger charge is 2.24. The summed E-state index contributed by atoms with van der Waals surface area (Å²) in [7, 11) is 1.34. The summed E-state index contributed by atoms with van der Waals surface area (Å²) in [6.45, 7) is 5.54. The highest BCUT2D eigenvalue weighted by Crippen LogP contribution is 2.24. The molecule has 1 N–H and O–H groups in total. The van der Waals surface area contributed by atoms with Crippen molar-refractivity contribution in [1.29, 1.82) is 0 Å². The highest BCUT2D eigenvalue weighted by molar-refractivity contribution is 5.89. The Labute approximate surface area is 160 Å². The summed E-state index contributed by atoms with van der Waals surface area (Å²) in [4.78, 5) is 23.3. The zero-order valence-electron chi connectivity index (χ0n) is 16.3. The zero-order valence-corrected chi connectivity index (χ0v) is 16.3. The predicted molar refractivity (Wildman–Crippen MR) is 101 cm³/mol. The minimum absolute atomic E-state index is 0.121. The molecule has 6 heteroatoms. The van der Waals surface area contributed by atoms with Gasteiger partial charge < -0.3 is 19.5 Å². The van der Waals surface area contributed by atoms with Crippen molar-refractivity contribution < 1.29 is 23.8 Å². The van der Waals surface area contributed by atoms with Crippen molar-refractivity contribution in [3.8, 4) is 17.8 Å². The van der Waals surface area contributed by atoms with Crippen molar-refractivity contribution in [2.75, 3.05) is 7.11 Å². The number of hydrogen-bond acceptors (Lipinski definition) is 5. The van der Waals surface area contributed by atoms with Crippen molar-refractivity contribution in [2.45, 2.75) is 58.1 Å². The van der Waals surface area contributed by atoms with Crippen LogP contribution < -0.4 is 10.1 Å². The van der Waals surface area contributed by atoms with Crippen LogP contribution >= 0.6 is 0 Å². The molecule has 0 spiro atoms. The molecule has 2 rings (SSSR count). The molecule has 0 aliphatic heterocycles. The van der Waals surface area contributed by atoms with Crippen LogP contribution in [0.1, 0.15) is 56.8 Å². The quantitative estimate of drug-likeness (QED) is 0.643. The van der Waals surface area contributed by atoms with E-state index in [0.29, 0.717) is 11.3 Å². The maximum atomic E-state index is 11.8. The third kappa shape index (κ3) is 7.22. The summed E-state index contributed by atoms with van der Waals surface area (Å²) in [6.07, 6.45) is 5.85. The van der Waals surface area contributed by atoms with E-state index in [1.807, 2.05) is 20.8 Å². The molecule has 1 aromatic carbocycles. The maximum Gasteiger partial charge on any atom is 0.407 e. The van der Waals surface area contributed by atoms with Crippen LogP contribution in [0, 0.1) is 17.9 Å². The predicted octanol–water partition coefficient (Wildman–Crippen LogP) is 3.90. The number of rotatable bonds is 3. The molecule has 27 heavy (non-hydrogen) atoms. The molecule has 146 valence electrons. The summed E-state index contributed by atoms with van der Waals surface area (Å²) in [5.41, 5.74) is -0.0690. The van der Waals surface area contributed by atoms with Crippen LogP contribution in [0.25, 0.3) is 0 Å². The first-order chi connectivity index (χ1) is 12.8. The normalized spacial score (nSPS) is 19.3. The average Bonchev–Trinajstić information content (AvgIpc) is 2.61. The van der Waals surface area contributed by atoms with Crippen LogP contribution in [0.4, 0.5) is 4.79 Å². The summed E-state index contributed by atoms with van der Waals surface area (Å²) in [5.74, 6) is 3.43. The Morgan fingerprint density at radius 2 is 1.85 bits per heavy atom. The van der Waals surface area contributed by atoms with Crippen molar-refractivity contribution >= 4 is 12.1 Å². The van der Waals surface area contributed by atoms with Gasteiger partial charge in [-0.2, -0.15) is 0 Å². The van der Waals surface area contributed by atoms with Gasteiger partial charge in [0.05, 0.1) is 12.7 Å².